The van der Waals surface area contributed by atoms with Crippen LogP contribution in [0.5, 0.6) is 11.5 Å². The molecule has 1 aromatic heterocycles. The number of hydrogen-bond acceptors (Lipinski definition) is 6. The maximum Gasteiger partial charge on any atom is 0.357 e. The average Bonchev–Trinajstić information content (AvgIpc) is 2.45. The summed E-state index contributed by atoms with van der Waals surface area (Å²) >= 11 is 0. The van der Waals surface area contributed by atoms with E-state index in [0.717, 1.165) is 0 Å². The second-order valence-electron chi connectivity index (χ2n) is 4.19. The van der Waals surface area contributed by atoms with Gasteiger partial charge in [0.25, 0.3) is 0 Å². The van der Waals surface area contributed by atoms with Gasteiger partial charge in [-0.15, -0.1) is 0 Å². The summed E-state index contributed by atoms with van der Waals surface area (Å²) in [5, 5.41) is 20.4. The highest BCUT2D eigenvalue weighted by Gasteiger charge is 2.18. The number of ether oxygens (including phenoxy) is 1. The van der Waals surface area contributed by atoms with Gasteiger partial charge in [0, 0.05) is 0 Å². The Bertz CT molecular complexity index is 865. The maximum atomic E-state index is 11.5. The lowest BCUT2D eigenvalue weighted by molar-refractivity contribution is -0.386. The van der Waals surface area contributed by atoms with Gasteiger partial charge < -0.3 is 14.8 Å². The van der Waals surface area contributed by atoms with Crippen LogP contribution in [0.15, 0.2) is 27.8 Å². The molecule has 0 saturated carbocycles. The van der Waals surface area contributed by atoms with E-state index in [-0.39, 0.29) is 17.2 Å². The largest absolute Gasteiger partial charge is 0.504 e. The molecule has 2 rings (SSSR count). The van der Waals surface area contributed by atoms with E-state index < -0.39 is 21.9 Å². The molecule has 0 saturated heterocycles. The third-order valence-corrected chi connectivity index (χ3v) is 2.77. The van der Waals surface area contributed by atoms with Crippen LogP contribution in [-0.4, -0.2) is 27.1 Å². The summed E-state index contributed by atoms with van der Waals surface area (Å²) in [5.74, 6) is 0.159. The third-order valence-electron chi connectivity index (χ3n) is 2.77. The monoisotopic (exact) mass is 305 g/mol. The van der Waals surface area contributed by atoms with Crippen molar-refractivity contribution in [2.24, 2.45) is 0 Å². The Balaban J connectivity index is 2.49. The molecule has 9 heteroatoms. The second kappa shape index (κ2) is 5.95. The number of nitrogens with zero attached hydrogens (tertiary/aromatic N) is 1. The molecule has 0 radical (unpaired) electrons. The molecule has 1 heterocycles. The molecule has 0 aliphatic rings. The normalized spacial score (nSPS) is 10.8. The molecule has 22 heavy (non-hydrogen) atoms. The Kier molecular flexibility index (Phi) is 4.07. The van der Waals surface area contributed by atoms with Crippen molar-refractivity contribution in [1.29, 1.82) is 0 Å². The Morgan fingerprint density at radius 3 is 2.64 bits per heavy atom. The van der Waals surface area contributed by atoms with Crippen molar-refractivity contribution in [1.82, 2.24) is 9.97 Å². The lowest BCUT2D eigenvalue weighted by Crippen LogP contribution is -2.25. The summed E-state index contributed by atoms with van der Waals surface area (Å²) < 4.78 is 4.93. The molecule has 3 N–H and O–H groups in total. The van der Waals surface area contributed by atoms with Crippen LogP contribution in [0, 0.1) is 10.1 Å². The zero-order chi connectivity index (χ0) is 16.3. The van der Waals surface area contributed by atoms with E-state index in [9.17, 15) is 24.8 Å². The Morgan fingerprint density at radius 1 is 1.27 bits per heavy atom. The van der Waals surface area contributed by atoms with Gasteiger partial charge in [-0.05, 0) is 23.8 Å². The number of aromatic nitrogens is 2. The van der Waals surface area contributed by atoms with E-state index in [0.29, 0.717) is 5.56 Å². The highest BCUT2D eigenvalue weighted by atomic mass is 16.6. The van der Waals surface area contributed by atoms with Crippen LogP contribution in [-0.2, 0) is 0 Å². The van der Waals surface area contributed by atoms with Crippen molar-refractivity contribution < 1.29 is 14.8 Å². The molecule has 114 valence electrons. The number of hydrogen-bond donors (Lipinski definition) is 3. The lowest BCUT2D eigenvalue weighted by atomic mass is 10.1. The number of rotatable bonds is 4. The summed E-state index contributed by atoms with van der Waals surface area (Å²) in [6, 6.07) is 4.40. The lowest BCUT2D eigenvalue weighted by Gasteiger charge is -2.03. The molecule has 0 aliphatic carbocycles. The number of phenols is 1. The minimum absolute atomic E-state index is 0.0600. The molecule has 0 unspecified atom stereocenters. The second-order valence-corrected chi connectivity index (χ2v) is 4.19. The molecule has 0 amide bonds. The first-order chi connectivity index (χ1) is 10.4. The van der Waals surface area contributed by atoms with E-state index in [1.165, 1.54) is 37.5 Å². The van der Waals surface area contributed by atoms with Crippen molar-refractivity contribution in [2.75, 3.05) is 7.11 Å². The van der Waals surface area contributed by atoms with E-state index in [1.807, 2.05) is 0 Å². The first kappa shape index (κ1) is 15.0. The van der Waals surface area contributed by atoms with E-state index in [4.69, 9.17) is 4.74 Å². The van der Waals surface area contributed by atoms with Crippen molar-refractivity contribution in [2.45, 2.75) is 0 Å². The number of H-pyrrole nitrogens is 2. The van der Waals surface area contributed by atoms with E-state index in [2.05, 4.69) is 4.98 Å². The number of nitrogens with one attached hydrogen (secondary N) is 2. The summed E-state index contributed by atoms with van der Waals surface area (Å²) in [4.78, 5) is 36.7. The van der Waals surface area contributed by atoms with Crippen LogP contribution >= 0.6 is 0 Å². The number of aromatic amines is 2. The SMILES string of the molecule is COc1cc(/C=C/c2[nH]c(=O)[nH]c(=O)c2[N+](=O)[O-])ccc1O. The van der Waals surface area contributed by atoms with Crippen molar-refractivity contribution in [3.05, 3.63) is 60.4 Å². The average molecular weight is 305 g/mol. The quantitative estimate of drug-likeness (QED) is 0.565. The van der Waals surface area contributed by atoms with Crippen LogP contribution in [0.1, 0.15) is 11.3 Å². The van der Waals surface area contributed by atoms with Crippen LogP contribution in [0.2, 0.25) is 0 Å². The molecular weight excluding hydrogens is 294 g/mol. The van der Waals surface area contributed by atoms with Crippen molar-refractivity contribution in [3.63, 3.8) is 0 Å². The number of benzene rings is 1. The molecule has 0 bridgehead atoms. The van der Waals surface area contributed by atoms with Gasteiger partial charge in [0.05, 0.1) is 12.0 Å². The topological polar surface area (TPSA) is 138 Å². The number of phenolic OH excluding ortho intramolecular Hbond substituents is 1. The van der Waals surface area contributed by atoms with Crippen molar-refractivity contribution in [3.8, 4) is 11.5 Å². The van der Waals surface area contributed by atoms with Gasteiger partial charge in [0.2, 0.25) is 0 Å². The van der Waals surface area contributed by atoms with Gasteiger partial charge in [-0.2, -0.15) is 0 Å². The van der Waals surface area contributed by atoms with Gasteiger partial charge in [-0.3, -0.25) is 19.9 Å². The number of methoxy groups -OCH3 is 1. The molecule has 0 aliphatic heterocycles. The van der Waals surface area contributed by atoms with Gasteiger partial charge >= 0.3 is 16.9 Å². The van der Waals surface area contributed by atoms with Crippen LogP contribution in [0.4, 0.5) is 5.69 Å². The van der Waals surface area contributed by atoms with E-state index >= 15 is 0 Å². The molecule has 0 atom stereocenters. The third kappa shape index (κ3) is 3.03. The predicted molar refractivity (Wildman–Crippen MR) is 77.9 cm³/mol. The summed E-state index contributed by atoms with van der Waals surface area (Å²) in [5.41, 5.74) is -2.38. The molecular formula is C13H11N3O6. The smallest absolute Gasteiger partial charge is 0.357 e. The molecule has 1 aromatic carbocycles. The Morgan fingerprint density at radius 2 is 2.00 bits per heavy atom. The first-order valence-corrected chi connectivity index (χ1v) is 5.98. The zero-order valence-electron chi connectivity index (χ0n) is 11.3. The summed E-state index contributed by atoms with van der Waals surface area (Å²) in [7, 11) is 1.38. The van der Waals surface area contributed by atoms with Crippen molar-refractivity contribution >= 4 is 17.8 Å². The zero-order valence-corrected chi connectivity index (χ0v) is 11.3. The van der Waals surface area contributed by atoms with Gasteiger partial charge in [0.15, 0.2) is 11.5 Å². The Labute approximate surface area is 122 Å². The molecule has 0 spiro atoms. The summed E-state index contributed by atoms with van der Waals surface area (Å²) in [6.07, 6.45) is 2.65. The molecule has 0 fully saturated rings. The minimum atomic E-state index is -1.09. The standard InChI is InChI=1S/C13H11N3O6/c1-22-10-6-7(3-5-9(10)17)2-4-8-11(16(20)21)12(18)15-13(19)14-8/h2-6,17H,1H3,(H2,14,15,18,19)/b4-2+. The maximum absolute atomic E-state index is 11.5. The van der Waals surface area contributed by atoms with Crippen LogP contribution in [0.3, 0.4) is 0 Å². The Hall–Kier alpha value is -3.36. The van der Waals surface area contributed by atoms with Crippen LogP contribution < -0.4 is 16.0 Å². The highest BCUT2D eigenvalue weighted by Crippen LogP contribution is 2.27. The fraction of sp³-hybridized carbons (Fsp3) is 0.0769. The predicted octanol–water partition coefficient (Wildman–Crippen LogP) is 0.856. The van der Waals surface area contributed by atoms with Gasteiger partial charge in [0.1, 0.15) is 5.69 Å². The fourth-order valence-corrected chi connectivity index (χ4v) is 1.78. The first-order valence-electron chi connectivity index (χ1n) is 5.98. The van der Waals surface area contributed by atoms with E-state index in [1.54, 1.807) is 4.98 Å². The fourth-order valence-electron chi connectivity index (χ4n) is 1.78. The summed E-state index contributed by atoms with van der Waals surface area (Å²) in [6.45, 7) is 0. The molecule has 9 nitrogen and oxygen atoms in total. The van der Waals surface area contributed by atoms with Gasteiger partial charge in [-0.1, -0.05) is 12.1 Å². The molecule has 2 aromatic rings. The number of aromatic hydroxyl groups is 1. The number of nitro groups is 1. The van der Waals surface area contributed by atoms with Gasteiger partial charge in [-0.25, -0.2) is 4.79 Å². The highest BCUT2D eigenvalue weighted by molar-refractivity contribution is 5.72. The minimum Gasteiger partial charge on any atom is -0.504 e. The van der Waals surface area contributed by atoms with Crippen LogP contribution in [0.25, 0.3) is 12.2 Å².